The predicted molar refractivity (Wildman–Crippen MR) is 102 cm³/mol. The molecular formula is C20H24N4O4. The molecule has 148 valence electrons. The Bertz CT molecular complexity index is 989. The van der Waals surface area contributed by atoms with Crippen LogP contribution in [0.3, 0.4) is 0 Å². The summed E-state index contributed by atoms with van der Waals surface area (Å²) in [5.74, 6) is 2.38. The number of urea groups is 1. The topological polar surface area (TPSA) is 102 Å². The highest BCUT2D eigenvalue weighted by Gasteiger charge is 2.44. The van der Waals surface area contributed by atoms with Crippen molar-refractivity contribution in [2.45, 2.75) is 51.6 Å². The largest absolute Gasteiger partial charge is 0.490 e. The summed E-state index contributed by atoms with van der Waals surface area (Å²) in [6, 6.07) is 7.07. The lowest BCUT2D eigenvalue weighted by molar-refractivity contribution is 0.163. The maximum atomic E-state index is 12.6. The van der Waals surface area contributed by atoms with Gasteiger partial charge in [0.05, 0.1) is 12.6 Å². The molecule has 1 aromatic carbocycles. The van der Waals surface area contributed by atoms with Gasteiger partial charge in [0.25, 0.3) is 0 Å². The number of carbonyl (C=O) groups is 1. The Morgan fingerprint density at radius 3 is 2.86 bits per heavy atom. The molecule has 2 heterocycles. The quantitative estimate of drug-likeness (QED) is 0.667. The van der Waals surface area contributed by atoms with Gasteiger partial charge in [0.2, 0.25) is 5.89 Å². The smallest absolute Gasteiger partial charge is 0.316 e. The third kappa shape index (κ3) is 3.30. The first-order valence-electron chi connectivity index (χ1n) is 9.55. The summed E-state index contributed by atoms with van der Waals surface area (Å²) in [7, 11) is 0. The summed E-state index contributed by atoms with van der Waals surface area (Å²) in [5, 5.41) is 10.9. The number of para-hydroxylation sites is 1. The van der Waals surface area contributed by atoms with Gasteiger partial charge in [-0.2, -0.15) is 4.98 Å². The minimum Gasteiger partial charge on any atom is -0.490 e. The van der Waals surface area contributed by atoms with Crippen LogP contribution in [-0.4, -0.2) is 22.8 Å². The molecule has 2 amide bonds. The highest BCUT2D eigenvalue weighted by atomic mass is 16.5. The lowest BCUT2D eigenvalue weighted by Crippen LogP contribution is -2.54. The van der Waals surface area contributed by atoms with Crippen molar-refractivity contribution in [2.75, 3.05) is 6.61 Å². The Hall–Kier alpha value is -3.03. The maximum Gasteiger partial charge on any atom is 0.316 e. The standard InChI is InChI=1S/C20H24N4O4/c1-4-26-15-8-5-7-14-11-16(27-17(14)15)12(2)21-19(25)23-20(9-6-10-20)18-22-13(3)28-24-18/h5,7-8,11-12H,4,6,9-10H2,1-3H3,(H2,21,23,25). The second-order valence-corrected chi connectivity index (χ2v) is 7.15. The van der Waals surface area contributed by atoms with Crippen molar-refractivity contribution in [2.24, 2.45) is 0 Å². The molecule has 0 radical (unpaired) electrons. The van der Waals surface area contributed by atoms with Gasteiger partial charge in [0, 0.05) is 12.3 Å². The molecule has 0 aliphatic heterocycles. The monoisotopic (exact) mass is 384 g/mol. The number of aromatic nitrogens is 2. The van der Waals surface area contributed by atoms with E-state index in [0.717, 1.165) is 24.6 Å². The minimum atomic E-state index is -0.558. The van der Waals surface area contributed by atoms with Crippen molar-refractivity contribution in [3.63, 3.8) is 0 Å². The summed E-state index contributed by atoms with van der Waals surface area (Å²) in [6.45, 7) is 6.11. The lowest BCUT2D eigenvalue weighted by atomic mass is 9.76. The van der Waals surface area contributed by atoms with Crippen molar-refractivity contribution < 1.29 is 18.5 Å². The average molecular weight is 384 g/mol. The van der Waals surface area contributed by atoms with Crippen LogP contribution >= 0.6 is 0 Å². The zero-order valence-electron chi connectivity index (χ0n) is 16.2. The number of hydrogen-bond acceptors (Lipinski definition) is 6. The van der Waals surface area contributed by atoms with E-state index in [-0.39, 0.29) is 12.1 Å². The molecule has 0 spiro atoms. The van der Waals surface area contributed by atoms with Crippen molar-refractivity contribution in [3.8, 4) is 5.75 Å². The molecule has 1 unspecified atom stereocenters. The van der Waals surface area contributed by atoms with Crippen LogP contribution in [0.4, 0.5) is 4.79 Å². The first-order valence-corrected chi connectivity index (χ1v) is 9.55. The van der Waals surface area contributed by atoms with E-state index in [1.807, 2.05) is 38.1 Å². The Balaban J connectivity index is 1.47. The molecule has 8 nitrogen and oxygen atoms in total. The SMILES string of the molecule is CCOc1cccc2cc(C(C)NC(=O)NC3(c4noc(C)n4)CCC3)oc12. The first-order chi connectivity index (χ1) is 13.5. The second-order valence-electron chi connectivity index (χ2n) is 7.15. The maximum absolute atomic E-state index is 12.6. The van der Waals surface area contributed by atoms with Crippen molar-refractivity contribution in [3.05, 3.63) is 41.7 Å². The number of rotatable bonds is 6. The van der Waals surface area contributed by atoms with Crippen LogP contribution in [0, 0.1) is 6.92 Å². The van der Waals surface area contributed by atoms with Crippen LogP contribution in [0.5, 0.6) is 5.75 Å². The van der Waals surface area contributed by atoms with Crippen LogP contribution in [0.1, 0.15) is 56.6 Å². The number of carbonyl (C=O) groups excluding carboxylic acids is 1. The highest BCUT2D eigenvalue weighted by molar-refractivity contribution is 5.84. The van der Waals surface area contributed by atoms with Crippen LogP contribution in [0.15, 0.2) is 33.2 Å². The summed E-state index contributed by atoms with van der Waals surface area (Å²) < 4.78 is 16.7. The van der Waals surface area contributed by atoms with Gasteiger partial charge in [0.15, 0.2) is 17.2 Å². The summed E-state index contributed by atoms with van der Waals surface area (Å²) in [4.78, 5) is 16.9. The number of fused-ring (bicyclic) bond motifs is 1. The first kappa shape index (κ1) is 18.3. The summed E-state index contributed by atoms with van der Waals surface area (Å²) >= 11 is 0. The molecule has 3 aromatic rings. The van der Waals surface area contributed by atoms with Crippen LogP contribution in [0.25, 0.3) is 11.0 Å². The molecule has 2 aromatic heterocycles. The van der Waals surface area contributed by atoms with Crippen LogP contribution in [0.2, 0.25) is 0 Å². The van der Waals surface area contributed by atoms with E-state index < -0.39 is 5.54 Å². The Kier molecular flexibility index (Phi) is 4.70. The fourth-order valence-electron chi connectivity index (χ4n) is 3.49. The van der Waals surface area contributed by atoms with E-state index >= 15 is 0 Å². The fraction of sp³-hybridized carbons (Fsp3) is 0.450. The number of hydrogen-bond donors (Lipinski definition) is 2. The molecule has 1 atom stereocenters. The number of amides is 2. The minimum absolute atomic E-state index is 0.292. The molecule has 0 bridgehead atoms. The van der Waals surface area contributed by atoms with Crippen molar-refractivity contribution in [1.29, 1.82) is 0 Å². The molecule has 1 saturated carbocycles. The number of nitrogens with one attached hydrogen (secondary N) is 2. The molecule has 0 saturated heterocycles. The van der Waals surface area contributed by atoms with E-state index in [4.69, 9.17) is 13.7 Å². The zero-order chi connectivity index (χ0) is 19.7. The highest BCUT2D eigenvalue weighted by Crippen LogP contribution is 2.39. The molecule has 2 N–H and O–H groups in total. The van der Waals surface area contributed by atoms with Gasteiger partial charge in [-0.25, -0.2) is 4.79 Å². The van der Waals surface area contributed by atoms with E-state index in [9.17, 15) is 4.79 Å². The van der Waals surface area contributed by atoms with E-state index in [1.165, 1.54) is 0 Å². The van der Waals surface area contributed by atoms with Crippen LogP contribution < -0.4 is 15.4 Å². The number of aryl methyl sites for hydroxylation is 1. The second kappa shape index (κ2) is 7.18. The number of furan rings is 1. The third-order valence-corrected chi connectivity index (χ3v) is 5.12. The molecule has 4 rings (SSSR count). The van der Waals surface area contributed by atoms with Gasteiger partial charge in [0.1, 0.15) is 11.3 Å². The molecule has 1 aliphatic carbocycles. The van der Waals surface area contributed by atoms with Gasteiger partial charge in [-0.15, -0.1) is 0 Å². The molecule has 8 heteroatoms. The van der Waals surface area contributed by atoms with E-state index in [1.54, 1.807) is 6.92 Å². The van der Waals surface area contributed by atoms with Gasteiger partial charge in [-0.3, -0.25) is 0 Å². The van der Waals surface area contributed by atoms with E-state index in [2.05, 4.69) is 20.8 Å². The van der Waals surface area contributed by atoms with Crippen molar-refractivity contribution in [1.82, 2.24) is 20.8 Å². The summed E-state index contributed by atoms with van der Waals surface area (Å²) in [6.07, 6.45) is 2.58. The number of benzene rings is 1. The molecule has 1 fully saturated rings. The average Bonchev–Trinajstić information content (AvgIpc) is 3.25. The normalized spacial score (nSPS) is 16.4. The predicted octanol–water partition coefficient (Wildman–Crippen LogP) is 3.96. The van der Waals surface area contributed by atoms with Gasteiger partial charge in [-0.1, -0.05) is 17.3 Å². The van der Waals surface area contributed by atoms with Gasteiger partial charge in [-0.05, 0) is 45.2 Å². The van der Waals surface area contributed by atoms with Crippen LogP contribution in [-0.2, 0) is 5.54 Å². The van der Waals surface area contributed by atoms with Gasteiger partial charge < -0.3 is 24.3 Å². The number of ether oxygens (including phenoxy) is 1. The Morgan fingerprint density at radius 2 is 2.21 bits per heavy atom. The van der Waals surface area contributed by atoms with Crippen molar-refractivity contribution >= 4 is 17.0 Å². The Labute approximate surface area is 162 Å². The van der Waals surface area contributed by atoms with E-state index in [0.29, 0.717) is 35.4 Å². The zero-order valence-corrected chi connectivity index (χ0v) is 16.2. The Morgan fingerprint density at radius 1 is 1.39 bits per heavy atom. The fourth-order valence-corrected chi connectivity index (χ4v) is 3.49. The summed E-state index contributed by atoms with van der Waals surface area (Å²) in [5.41, 5.74) is 0.128. The molecule has 1 aliphatic rings. The molecular weight excluding hydrogens is 360 g/mol. The lowest BCUT2D eigenvalue weighted by Gasteiger charge is -2.39. The van der Waals surface area contributed by atoms with Gasteiger partial charge >= 0.3 is 6.03 Å². The number of nitrogens with zero attached hydrogens (tertiary/aromatic N) is 2. The third-order valence-electron chi connectivity index (χ3n) is 5.12. The molecule has 28 heavy (non-hydrogen) atoms.